The van der Waals surface area contributed by atoms with Crippen LogP contribution >= 0.6 is 11.6 Å². The highest BCUT2D eigenvalue weighted by molar-refractivity contribution is 6.34. The molecule has 1 aliphatic rings. The first-order valence-electron chi connectivity index (χ1n) is 7.81. The number of carbonyl (C=O) groups excluding carboxylic acids is 1. The highest BCUT2D eigenvalue weighted by atomic mass is 35.5. The number of halogens is 1. The number of morpholine rings is 1. The summed E-state index contributed by atoms with van der Waals surface area (Å²) in [5.41, 5.74) is 1.01. The van der Waals surface area contributed by atoms with Crippen molar-refractivity contribution in [1.82, 2.24) is 4.90 Å². The van der Waals surface area contributed by atoms with E-state index in [1.54, 1.807) is 32.9 Å². The molecule has 0 unspecified atom stereocenters. The molecule has 1 amide bonds. The van der Waals surface area contributed by atoms with Gasteiger partial charge in [-0.1, -0.05) is 11.6 Å². The second kappa shape index (κ2) is 7.84. The Labute approximate surface area is 147 Å². The summed E-state index contributed by atoms with van der Waals surface area (Å²) >= 11 is 6.43. The molecule has 7 heteroatoms. The molecule has 0 aliphatic carbocycles. The third-order valence-electron chi connectivity index (χ3n) is 3.41. The molecule has 0 aromatic heterocycles. The first-order valence-corrected chi connectivity index (χ1v) is 8.19. The number of hydrogen-bond donors (Lipinski definition) is 1. The van der Waals surface area contributed by atoms with Crippen LogP contribution in [0.25, 0.3) is 0 Å². The molecule has 0 atom stereocenters. The van der Waals surface area contributed by atoms with Crippen LogP contribution in [0.15, 0.2) is 12.1 Å². The van der Waals surface area contributed by atoms with E-state index in [2.05, 4.69) is 16.3 Å². The molecule has 0 bridgehead atoms. The lowest BCUT2D eigenvalue weighted by Gasteiger charge is -2.27. The van der Waals surface area contributed by atoms with Gasteiger partial charge in [0, 0.05) is 19.6 Å². The summed E-state index contributed by atoms with van der Waals surface area (Å²) in [6.45, 7) is 8.92. The first kappa shape index (κ1) is 18.5. The Morgan fingerprint density at radius 2 is 2.08 bits per heavy atom. The summed E-state index contributed by atoms with van der Waals surface area (Å²) in [4.78, 5) is 14.2. The van der Waals surface area contributed by atoms with Crippen LogP contribution in [-0.2, 0) is 16.0 Å². The normalized spacial score (nSPS) is 15.6. The number of nitrogens with zero attached hydrogens (tertiary/aromatic N) is 2. The molecule has 1 fully saturated rings. The summed E-state index contributed by atoms with van der Waals surface area (Å²) in [5.74, 6) is 0. The molecule has 1 N–H and O–H groups in total. The molecule has 2 rings (SSSR count). The molecule has 0 saturated carbocycles. The van der Waals surface area contributed by atoms with E-state index in [1.165, 1.54) is 0 Å². The Bertz CT molecular complexity index is 644. The van der Waals surface area contributed by atoms with Gasteiger partial charge in [0.25, 0.3) is 0 Å². The van der Waals surface area contributed by atoms with Crippen molar-refractivity contribution in [2.75, 3.05) is 31.6 Å². The minimum Gasteiger partial charge on any atom is -0.444 e. The lowest BCUT2D eigenvalue weighted by atomic mass is 10.1. The first-order chi connectivity index (χ1) is 11.3. The van der Waals surface area contributed by atoms with Crippen molar-refractivity contribution in [3.8, 4) is 6.07 Å². The van der Waals surface area contributed by atoms with Gasteiger partial charge in [-0.05, 0) is 38.5 Å². The predicted molar refractivity (Wildman–Crippen MR) is 92.1 cm³/mol. The van der Waals surface area contributed by atoms with Gasteiger partial charge in [0.05, 0.1) is 35.6 Å². The Balaban J connectivity index is 2.19. The van der Waals surface area contributed by atoms with Crippen LogP contribution in [0.1, 0.15) is 31.9 Å². The summed E-state index contributed by atoms with van der Waals surface area (Å²) in [5, 5.41) is 12.3. The third kappa shape index (κ3) is 5.38. The average molecular weight is 352 g/mol. The van der Waals surface area contributed by atoms with Crippen LogP contribution in [0.4, 0.5) is 10.5 Å². The second-order valence-corrected chi connectivity index (χ2v) is 7.00. The maximum absolute atomic E-state index is 12.0. The number of hydrogen-bond acceptors (Lipinski definition) is 5. The van der Waals surface area contributed by atoms with E-state index in [0.29, 0.717) is 36.0 Å². The lowest BCUT2D eigenvalue weighted by Crippen LogP contribution is -2.35. The van der Waals surface area contributed by atoms with E-state index >= 15 is 0 Å². The van der Waals surface area contributed by atoms with Gasteiger partial charge >= 0.3 is 6.09 Å². The molecule has 130 valence electrons. The SMILES string of the molecule is CC(C)(C)OC(=O)Nc1cc(C#N)cc(CN2CCOCC2)c1Cl. The number of amides is 1. The number of nitriles is 1. The van der Waals surface area contributed by atoms with Crippen molar-refractivity contribution in [3.63, 3.8) is 0 Å². The minimum absolute atomic E-state index is 0.383. The van der Waals surface area contributed by atoms with E-state index in [9.17, 15) is 10.1 Å². The largest absolute Gasteiger partial charge is 0.444 e. The fourth-order valence-electron chi connectivity index (χ4n) is 2.37. The maximum Gasteiger partial charge on any atom is 0.412 e. The van der Waals surface area contributed by atoms with Gasteiger partial charge in [0.1, 0.15) is 5.60 Å². The lowest BCUT2D eigenvalue weighted by molar-refractivity contribution is 0.0342. The number of anilines is 1. The smallest absolute Gasteiger partial charge is 0.412 e. The maximum atomic E-state index is 12.0. The minimum atomic E-state index is -0.611. The van der Waals surface area contributed by atoms with Crippen molar-refractivity contribution in [3.05, 3.63) is 28.3 Å². The Hall–Kier alpha value is -1.81. The number of carbonyl (C=O) groups is 1. The second-order valence-electron chi connectivity index (χ2n) is 6.62. The molecule has 1 saturated heterocycles. The molecule has 0 radical (unpaired) electrons. The fourth-order valence-corrected chi connectivity index (χ4v) is 2.58. The van der Waals surface area contributed by atoms with E-state index in [1.807, 2.05) is 0 Å². The molecule has 6 nitrogen and oxygen atoms in total. The van der Waals surface area contributed by atoms with Crippen LogP contribution in [0.5, 0.6) is 0 Å². The zero-order chi connectivity index (χ0) is 17.7. The quantitative estimate of drug-likeness (QED) is 0.903. The number of rotatable bonds is 3. The summed E-state index contributed by atoms with van der Waals surface area (Å²) in [7, 11) is 0. The van der Waals surface area contributed by atoms with Gasteiger partial charge in [-0.25, -0.2) is 4.79 Å². The average Bonchev–Trinajstić information content (AvgIpc) is 2.50. The zero-order valence-electron chi connectivity index (χ0n) is 14.2. The van der Waals surface area contributed by atoms with E-state index in [0.717, 1.165) is 18.7 Å². The van der Waals surface area contributed by atoms with Gasteiger partial charge in [-0.15, -0.1) is 0 Å². The number of nitrogens with one attached hydrogen (secondary N) is 1. The van der Waals surface area contributed by atoms with Gasteiger partial charge in [0.2, 0.25) is 0 Å². The van der Waals surface area contributed by atoms with Gasteiger partial charge in [-0.3, -0.25) is 10.2 Å². The standard InChI is InChI=1S/C17H22ClN3O3/c1-17(2,3)24-16(22)20-14-9-12(10-19)8-13(15(14)18)11-21-4-6-23-7-5-21/h8-9H,4-7,11H2,1-3H3,(H,20,22). The van der Waals surface area contributed by atoms with Crippen molar-refractivity contribution in [2.24, 2.45) is 0 Å². The monoisotopic (exact) mass is 351 g/mol. The molecular weight excluding hydrogens is 330 g/mol. The van der Waals surface area contributed by atoms with Gasteiger partial charge in [-0.2, -0.15) is 5.26 Å². The molecule has 1 aromatic carbocycles. The van der Waals surface area contributed by atoms with E-state index < -0.39 is 11.7 Å². The van der Waals surface area contributed by atoms with E-state index in [-0.39, 0.29) is 0 Å². The Kier molecular flexibility index (Phi) is 6.05. The molecule has 1 aliphatic heterocycles. The van der Waals surface area contributed by atoms with Crippen LogP contribution in [0, 0.1) is 11.3 Å². The topological polar surface area (TPSA) is 74.6 Å². The Morgan fingerprint density at radius 3 is 2.67 bits per heavy atom. The molecule has 24 heavy (non-hydrogen) atoms. The third-order valence-corrected chi connectivity index (χ3v) is 3.86. The van der Waals surface area contributed by atoms with Crippen LogP contribution in [-0.4, -0.2) is 42.9 Å². The summed E-state index contributed by atoms with van der Waals surface area (Å²) < 4.78 is 10.6. The van der Waals surface area contributed by atoms with Crippen LogP contribution < -0.4 is 5.32 Å². The molecule has 1 heterocycles. The van der Waals surface area contributed by atoms with Crippen LogP contribution in [0.3, 0.4) is 0 Å². The number of benzene rings is 1. The highest BCUT2D eigenvalue weighted by Crippen LogP contribution is 2.29. The summed E-state index contributed by atoms with van der Waals surface area (Å²) in [6, 6.07) is 5.40. The fraction of sp³-hybridized carbons (Fsp3) is 0.529. The van der Waals surface area contributed by atoms with Crippen molar-refractivity contribution in [2.45, 2.75) is 32.9 Å². The van der Waals surface area contributed by atoms with Crippen molar-refractivity contribution in [1.29, 1.82) is 5.26 Å². The predicted octanol–water partition coefficient (Wildman–Crippen LogP) is 3.39. The molecule has 0 spiro atoms. The van der Waals surface area contributed by atoms with Crippen LogP contribution in [0.2, 0.25) is 5.02 Å². The Morgan fingerprint density at radius 1 is 1.42 bits per heavy atom. The van der Waals surface area contributed by atoms with Crippen molar-refractivity contribution >= 4 is 23.4 Å². The molecule has 1 aromatic rings. The zero-order valence-corrected chi connectivity index (χ0v) is 14.9. The molecular formula is C17H22ClN3O3. The van der Waals surface area contributed by atoms with Gasteiger partial charge in [0.15, 0.2) is 0 Å². The number of ether oxygens (including phenoxy) is 2. The van der Waals surface area contributed by atoms with Crippen molar-refractivity contribution < 1.29 is 14.3 Å². The van der Waals surface area contributed by atoms with E-state index in [4.69, 9.17) is 21.1 Å². The van der Waals surface area contributed by atoms with Gasteiger partial charge < -0.3 is 9.47 Å². The highest BCUT2D eigenvalue weighted by Gasteiger charge is 2.20. The summed E-state index contributed by atoms with van der Waals surface area (Å²) in [6.07, 6.45) is -0.600.